The second-order valence-electron chi connectivity index (χ2n) is 4.12. The Bertz CT molecular complexity index is 619. The SMILES string of the molecule is Cc1nccc(CNCc2ccc(F)c(C#N)c2)n1. The highest BCUT2D eigenvalue weighted by Gasteiger charge is 2.02. The van der Waals surface area contributed by atoms with E-state index in [1.807, 2.05) is 19.1 Å². The van der Waals surface area contributed by atoms with Crippen molar-refractivity contribution in [2.45, 2.75) is 20.0 Å². The highest BCUT2D eigenvalue weighted by molar-refractivity contribution is 5.34. The van der Waals surface area contributed by atoms with E-state index < -0.39 is 5.82 Å². The number of halogens is 1. The fourth-order valence-electron chi connectivity index (χ4n) is 1.71. The molecular weight excluding hydrogens is 243 g/mol. The number of aryl methyl sites for hydroxylation is 1. The van der Waals surface area contributed by atoms with Crippen LogP contribution in [0.15, 0.2) is 30.5 Å². The molecule has 0 aliphatic rings. The van der Waals surface area contributed by atoms with Crippen LogP contribution in [-0.4, -0.2) is 9.97 Å². The van der Waals surface area contributed by atoms with Crippen molar-refractivity contribution >= 4 is 0 Å². The number of rotatable bonds is 4. The molecule has 0 unspecified atom stereocenters. The standard InChI is InChI=1S/C14H13FN4/c1-10-18-5-4-13(19-10)9-17-8-11-2-3-14(15)12(6-11)7-16/h2-6,17H,8-9H2,1H3. The first-order valence-corrected chi connectivity index (χ1v) is 5.87. The molecule has 5 heteroatoms. The molecule has 96 valence electrons. The Kier molecular flexibility index (Phi) is 4.16. The molecule has 0 spiro atoms. The van der Waals surface area contributed by atoms with Crippen molar-refractivity contribution in [3.05, 3.63) is 58.9 Å². The van der Waals surface area contributed by atoms with Gasteiger partial charge in [-0.15, -0.1) is 0 Å². The van der Waals surface area contributed by atoms with E-state index in [4.69, 9.17) is 5.26 Å². The zero-order chi connectivity index (χ0) is 13.7. The van der Waals surface area contributed by atoms with Gasteiger partial charge < -0.3 is 5.32 Å². The van der Waals surface area contributed by atoms with Crippen molar-refractivity contribution in [2.75, 3.05) is 0 Å². The zero-order valence-electron chi connectivity index (χ0n) is 10.5. The summed E-state index contributed by atoms with van der Waals surface area (Å²) in [7, 11) is 0. The largest absolute Gasteiger partial charge is 0.307 e. The van der Waals surface area contributed by atoms with E-state index in [9.17, 15) is 4.39 Å². The number of hydrogen-bond donors (Lipinski definition) is 1. The summed E-state index contributed by atoms with van der Waals surface area (Å²) in [6, 6.07) is 8.19. The van der Waals surface area contributed by atoms with E-state index >= 15 is 0 Å². The first-order valence-electron chi connectivity index (χ1n) is 5.87. The molecule has 0 saturated heterocycles. The van der Waals surface area contributed by atoms with Gasteiger partial charge in [0.25, 0.3) is 0 Å². The molecule has 1 aromatic carbocycles. The third-order valence-corrected chi connectivity index (χ3v) is 2.62. The van der Waals surface area contributed by atoms with E-state index in [0.717, 1.165) is 17.1 Å². The number of nitrogens with one attached hydrogen (secondary N) is 1. The topological polar surface area (TPSA) is 61.6 Å². The summed E-state index contributed by atoms with van der Waals surface area (Å²) in [5, 5.41) is 11.9. The molecule has 2 rings (SSSR count). The zero-order valence-corrected chi connectivity index (χ0v) is 10.5. The highest BCUT2D eigenvalue weighted by Crippen LogP contribution is 2.09. The van der Waals surface area contributed by atoms with Gasteiger partial charge in [-0.05, 0) is 30.7 Å². The van der Waals surface area contributed by atoms with E-state index in [1.165, 1.54) is 6.07 Å². The third-order valence-electron chi connectivity index (χ3n) is 2.62. The summed E-state index contributed by atoms with van der Waals surface area (Å²) in [5.41, 5.74) is 1.83. The maximum atomic E-state index is 13.1. The lowest BCUT2D eigenvalue weighted by atomic mass is 10.1. The average molecular weight is 256 g/mol. The van der Waals surface area contributed by atoms with Crippen molar-refractivity contribution < 1.29 is 4.39 Å². The number of benzene rings is 1. The Morgan fingerprint density at radius 3 is 2.89 bits per heavy atom. The number of hydrogen-bond acceptors (Lipinski definition) is 4. The summed E-state index contributed by atoms with van der Waals surface area (Å²) < 4.78 is 13.1. The number of nitriles is 1. The van der Waals surface area contributed by atoms with E-state index in [2.05, 4.69) is 15.3 Å². The van der Waals surface area contributed by atoms with E-state index in [0.29, 0.717) is 13.1 Å². The lowest BCUT2D eigenvalue weighted by Gasteiger charge is -2.05. The van der Waals surface area contributed by atoms with Crippen LogP contribution in [0.5, 0.6) is 0 Å². The quantitative estimate of drug-likeness (QED) is 0.909. The van der Waals surface area contributed by atoms with Crippen molar-refractivity contribution in [3.63, 3.8) is 0 Å². The molecule has 2 aromatic rings. The van der Waals surface area contributed by atoms with E-state index in [1.54, 1.807) is 18.3 Å². The first-order chi connectivity index (χ1) is 9.19. The predicted octanol–water partition coefficient (Wildman–Crippen LogP) is 2.09. The summed E-state index contributed by atoms with van der Waals surface area (Å²) >= 11 is 0. The Morgan fingerprint density at radius 1 is 1.32 bits per heavy atom. The van der Waals surface area contributed by atoms with Gasteiger partial charge in [-0.2, -0.15) is 5.26 Å². The van der Waals surface area contributed by atoms with Crippen LogP contribution in [0.3, 0.4) is 0 Å². The second-order valence-corrected chi connectivity index (χ2v) is 4.12. The van der Waals surface area contributed by atoms with Crippen LogP contribution in [0.25, 0.3) is 0 Å². The van der Waals surface area contributed by atoms with Crippen molar-refractivity contribution in [2.24, 2.45) is 0 Å². The van der Waals surface area contributed by atoms with Gasteiger partial charge in [0, 0.05) is 19.3 Å². The molecule has 0 atom stereocenters. The van der Waals surface area contributed by atoms with Crippen LogP contribution >= 0.6 is 0 Å². The van der Waals surface area contributed by atoms with Gasteiger partial charge in [-0.25, -0.2) is 14.4 Å². The fourth-order valence-corrected chi connectivity index (χ4v) is 1.71. The maximum Gasteiger partial charge on any atom is 0.140 e. The molecule has 1 aromatic heterocycles. The first kappa shape index (κ1) is 13.1. The molecule has 0 fully saturated rings. The fraction of sp³-hybridized carbons (Fsp3) is 0.214. The molecule has 0 radical (unpaired) electrons. The van der Waals surface area contributed by atoms with Gasteiger partial charge in [0.1, 0.15) is 17.7 Å². The lowest BCUT2D eigenvalue weighted by Crippen LogP contribution is -2.14. The molecule has 0 bridgehead atoms. The van der Waals surface area contributed by atoms with Crippen molar-refractivity contribution in [3.8, 4) is 6.07 Å². The summed E-state index contributed by atoms with van der Waals surface area (Å²) in [6.07, 6.45) is 1.71. The van der Waals surface area contributed by atoms with Crippen LogP contribution < -0.4 is 5.32 Å². The number of nitrogens with zero attached hydrogens (tertiary/aromatic N) is 3. The van der Waals surface area contributed by atoms with Gasteiger partial charge in [-0.3, -0.25) is 0 Å². The maximum absolute atomic E-state index is 13.1. The van der Waals surface area contributed by atoms with Gasteiger partial charge in [0.15, 0.2) is 0 Å². The van der Waals surface area contributed by atoms with Crippen molar-refractivity contribution in [1.82, 2.24) is 15.3 Å². The molecular formula is C14H13FN4. The molecule has 0 saturated carbocycles. The van der Waals surface area contributed by atoms with Crippen LogP contribution in [-0.2, 0) is 13.1 Å². The van der Waals surface area contributed by atoms with Crippen LogP contribution in [0.4, 0.5) is 4.39 Å². The second kappa shape index (κ2) is 6.03. The Labute approximate surface area is 110 Å². The summed E-state index contributed by atoms with van der Waals surface area (Å²) in [5.74, 6) is 0.241. The minimum absolute atomic E-state index is 0.0668. The Hall–Kier alpha value is -2.32. The minimum Gasteiger partial charge on any atom is -0.307 e. The Balaban J connectivity index is 1.95. The molecule has 19 heavy (non-hydrogen) atoms. The molecule has 0 aliphatic carbocycles. The van der Waals surface area contributed by atoms with Gasteiger partial charge in [0.05, 0.1) is 11.3 Å². The molecule has 0 amide bonds. The van der Waals surface area contributed by atoms with Gasteiger partial charge in [-0.1, -0.05) is 6.07 Å². The van der Waals surface area contributed by atoms with E-state index in [-0.39, 0.29) is 5.56 Å². The Morgan fingerprint density at radius 2 is 2.16 bits per heavy atom. The van der Waals surface area contributed by atoms with Crippen LogP contribution in [0, 0.1) is 24.1 Å². The summed E-state index contributed by atoms with van der Waals surface area (Å²) in [6.45, 7) is 2.99. The lowest BCUT2D eigenvalue weighted by molar-refractivity contribution is 0.620. The van der Waals surface area contributed by atoms with Gasteiger partial charge in [0.2, 0.25) is 0 Å². The monoisotopic (exact) mass is 256 g/mol. The third kappa shape index (κ3) is 3.57. The normalized spacial score (nSPS) is 10.2. The van der Waals surface area contributed by atoms with Crippen LogP contribution in [0.1, 0.15) is 22.6 Å². The molecule has 4 nitrogen and oxygen atoms in total. The smallest absolute Gasteiger partial charge is 0.140 e. The highest BCUT2D eigenvalue weighted by atomic mass is 19.1. The molecule has 0 aliphatic heterocycles. The average Bonchev–Trinajstić information content (AvgIpc) is 2.41. The number of aromatic nitrogens is 2. The van der Waals surface area contributed by atoms with Crippen LogP contribution in [0.2, 0.25) is 0 Å². The molecule has 1 heterocycles. The van der Waals surface area contributed by atoms with Crippen molar-refractivity contribution in [1.29, 1.82) is 5.26 Å². The molecule has 1 N–H and O–H groups in total. The minimum atomic E-state index is -0.488. The summed E-state index contributed by atoms with van der Waals surface area (Å²) in [4.78, 5) is 8.29. The predicted molar refractivity (Wildman–Crippen MR) is 68.4 cm³/mol. The van der Waals surface area contributed by atoms with Gasteiger partial charge >= 0.3 is 0 Å².